The SMILES string of the molecule is COCC(=O)Nc1ccc(OC)cc1NC(=O)c1csc2c1CCCC2. The van der Waals surface area contributed by atoms with E-state index < -0.39 is 0 Å². The number of hydrogen-bond acceptors (Lipinski definition) is 5. The normalized spacial score (nSPS) is 13.0. The summed E-state index contributed by atoms with van der Waals surface area (Å²) in [5.74, 6) is 0.137. The molecule has 0 saturated carbocycles. The van der Waals surface area contributed by atoms with E-state index in [0.29, 0.717) is 17.1 Å². The van der Waals surface area contributed by atoms with Gasteiger partial charge in [0.1, 0.15) is 12.4 Å². The van der Waals surface area contributed by atoms with Gasteiger partial charge in [-0.15, -0.1) is 11.3 Å². The number of carbonyl (C=O) groups is 2. The molecule has 1 aliphatic carbocycles. The van der Waals surface area contributed by atoms with Crippen molar-refractivity contribution in [3.05, 3.63) is 39.6 Å². The zero-order chi connectivity index (χ0) is 18.5. The number of methoxy groups -OCH3 is 2. The average Bonchev–Trinajstić information content (AvgIpc) is 3.07. The molecule has 0 atom stereocenters. The molecule has 6 nitrogen and oxygen atoms in total. The van der Waals surface area contributed by atoms with Crippen molar-refractivity contribution >= 4 is 34.5 Å². The predicted octanol–water partition coefficient (Wildman–Crippen LogP) is 3.47. The summed E-state index contributed by atoms with van der Waals surface area (Å²) in [7, 11) is 3.01. The summed E-state index contributed by atoms with van der Waals surface area (Å²) in [6, 6.07) is 5.12. The van der Waals surface area contributed by atoms with E-state index in [-0.39, 0.29) is 18.4 Å². The van der Waals surface area contributed by atoms with Crippen LogP contribution >= 0.6 is 11.3 Å². The number of aryl methyl sites for hydroxylation is 1. The molecule has 0 unspecified atom stereocenters. The Hall–Kier alpha value is -2.38. The molecule has 0 spiro atoms. The minimum Gasteiger partial charge on any atom is -0.497 e. The molecule has 0 saturated heterocycles. The third-order valence-electron chi connectivity index (χ3n) is 4.33. The molecule has 3 rings (SSSR count). The zero-order valence-electron chi connectivity index (χ0n) is 14.9. The minimum atomic E-state index is -0.291. The number of amides is 2. The van der Waals surface area contributed by atoms with Crippen LogP contribution in [0.15, 0.2) is 23.6 Å². The highest BCUT2D eigenvalue weighted by atomic mass is 32.1. The Morgan fingerprint density at radius 2 is 1.92 bits per heavy atom. The van der Waals surface area contributed by atoms with E-state index in [2.05, 4.69) is 10.6 Å². The van der Waals surface area contributed by atoms with Gasteiger partial charge >= 0.3 is 0 Å². The summed E-state index contributed by atoms with van der Waals surface area (Å²) in [5.41, 5.74) is 2.88. The van der Waals surface area contributed by atoms with E-state index in [9.17, 15) is 9.59 Å². The molecule has 2 aromatic rings. The van der Waals surface area contributed by atoms with Crippen molar-refractivity contribution in [2.45, 2.75) is 25.7 Å². The number of thiophene rings is 1. The van der Waals surface area contributed by atoms with Crippen LogP contribution in [-0.4, -0.2) is 32.6 Å². The van der Waals surface area contributed by atoms with Crippen LogP contribution in [0.4, 0.5) is 11.4 Å². The first kappa shape index (κ1) is 18.4. The Labute approximate surface area is 156 Å². The zero-order valence-corrected chi connectivity index (χ0v) is 15.7. The Balaban J connectivity index is 1.84. The molecular weight excluding hydrogens is 352 g/mol. The molecule has 7 heteroatoms. The van der Waals surface area contributed by atoms with Gasteiger partial charge < -0.3 is 20.1 Å². The maximum atomic E-state index is 12.8. The molecule has 2 N–H and O–H groups in total. The lowest BCUT2D eigenvalue weighted by molar-refractivity contribution is -0.119. The van der Waals surface area contributed by atoms with E-state index in [4.69, 9.17) is 9.47 Å². The van der Waals surface area contributed by atoms with Crippen molar-refractivity contribution in [1.29, 1.82) is 0 Å². The lowest BCUT2D eigenvalue weighted by Gasteiger charge is -2.15. The van der Waals surface area contributed by atoms with E-state index in [1.54, 1.807) is 36.6 Å². The molecule has 2 amide bonds. The molecule has 1 heterocycles. The van der Waals surface area contributed by atoms with Gasteiger partial charge in [0.25, 0.3) is 5.91 Å². The molecule has 138 valence electrons. The number of ether oxygens (including phenoxy) is 2. The van der Waals surface area contributed by atoms with E-state index in [1.165, 1.54) is 18.4 Å². The summed E-state index contributed by atoms with van der Waals surface area (Å²) in [4.78, 5) is 26.0. The second-order valence-corrected chi connectivity index (χ2v) is 7.07. The van der Waals surface area contributed by atoms with E-state index in [0.717, 1.165) is 30.4 Å². The first-order valence-corrected chi connectivity index (χ1v) is 9.37. The van der Waals surface area contributed by atoms with Crippen LogP contribution < -0.4 is 15.4 Å². The highest BCUT2D eigenvalue weighted by Crippen LogP contribution is 2.32. The fraction of sp³-hybridized carbons (Fsp3) is 0.368. The Kier molecular flexibility index (Phi) is 5.90. The van der Waals surface area contributed by atoms with Crippen LogP contribution in [0.1, 0.15) is 33.6 Å². The average molecular weight is 374 g/mol. The van der Waals surface area contributed by atoms with Gasteiger partial charge in [-0.05, 0) is 43.4 Å². The van der Waals surface area contributed by atoms with Crippen LogP contribution in [0.2, 0.25) is 0 Å². The van der Waals surface area contributed by atoms with E-state index >= 15 is 0 Å². The molecule has 1 aromatic heterocycles. The number of fused-ring (bicyclic) bond motifs is 1. The molecule has 0 aliphatic heterocycles. The predicted molar refractivity (Wildman–Crippen MR) is 102 cm³/mol. The topological polar surface area (TPSA) is 76.7 Å². The third kappa shape index (κ3) is 4.05. The fourth-order valence-corrected chi connectivity index (χ4v) is 4.18. The van der Waals surface area contributed by atoms with Crippen molar-refractivity contribution in [2.75, 3.05) is 31.5 Å². The summed E-state index contributed by atoms with van der Waals surface area (Å²) in [5, 5.41) is 7.59. The maximum absolute atomic E-state index is 12.8. The van der Waals surface area contributed by atoms with Crippen LogP contribution in [0.3, 0.4) is 0 Å². The first-order chi connectivity index (χ1) is 12.6. The Morgan fingerprint density at radius 3 is 2.69 bits per heavy atom. The maximum Gasteiger partial charge on any atom is 0.256 e. The number of anilines is 2. The second kappa shape index (κ2) is 8.33. The van der Waals surface area contributed by atoms with Gasteiger partial charge in [0.05, 0.1) is 24.0 Å². The summed E-state index contributed by atoms with van der Waals surface area (Å²) >= 11 is 1.65. The highest BCUT2D eigenvalue weighted by Gasteiger charge is 2.21. The molecule has 1 aromatic carbocycles. The lowest BCUT2D eigenvalue weighted by Crippen LogP contribution is -2.20. The van der Waals surface area contributed by atoms with Gasteiger partial charge in [-0.2, -0.15) is 0 Å². The van der Waals surface area contributed by atoms with Gasteiger partial charge in [0.15, 0.2) is 0 Å². The van der Waals surface area contributed by atoms with Crippen LogP contribution in [-0.2, 0) is 22.4 Å². The smallest absolute Gasteiger partial charge is 0.256 e. The Bertz CT molecular complexity index is 816. The van der Waals surface area contributed by atoms with Crippen LogP contribution in [0.25, 0.3) is 0 Å². The molecule has 1 aliphatic rings. The number of rotatable bonds is 6. The van der Waals surface area contributed by atoms with E-state index in [1.807, 2.05) is 5.38 Å². The van der Waals surface area contributed by atoms with Crippen molar-refractivity contribution in [3.63, 3.8) is 0 Å². The first-order valence-electron chi connectivity index (χ1n) is 8.49. The summed E-state index contributed by atoms with van der Waals surface area (Å²) in [6.45, 7) is -0.0581. The number of carbonyl (C=O) groups excluding carboxylic acids is 2. The van der Waals surface area contributed by atoms with Crippen molar-refractivity contribution in [3.8, 4) is 5.75 Å². The largest absolute Gasteiger partial charge is 0.497 e. The summed E-state index contributed by atoms with van der Waals surface area (Å²) in [6.07, 6.45) is 4.28. The number of hydrogen-bond donors (Lipinski definition) is 2. The molecule has 26 heavy (non-hydrogen) atoms. The minimum absolute atomic E-state index is 0.0581. The lowest BCUT2D eigenvalue weighted by atomic mass is 9.95. The van der Waals surface area contributed by atoms with Gasteiger partial charge in [-0.3, -0.25) is 9.59 Å². The van der Waals surface area contributed by atoms with Gasteiger partial charge in [0.2, 0.25) is 5.91 Å². The van der Waals surface area contributed by atoms with Crippen molar-refractivity contribution in [2.24, 2.45) is 0 Å². The standard InChI is InChI=1S/C19H22N2O4S/c1-24-10-18(22)20-15-8-7-12(25-2)9-16(15)21-19(23)14-11-26-17-6-4-3-5-13(14)17/h7-9,11H,3-6,10H2,1-2H3,(H,20,22)(H,21,23). The van der Waals surface area contributed by atoms with Gasteiger partial charge in [-0.25, -0.2) is 0 Å². The Morgan fingerprint density at radius 1 is 1.12 bits per heavy atom. The highest BCUT2D eigenvalue weighted by molar-refractivity contribution is 7.10. The van der Waals surface area contributed by atoms with Gasteiger partial charge in [-0.1, -0.05) is 0 Å². The van der Waals surface area contributed by atoms with Crippen molar-refractivity contribution in [1.82, 2.24) is 0 Å². The number of nitrogens with one attached hydrogen (secondary N) is 2. The molecule has 0 bridgehead atoms. The quantitative estimate of drug-likeness (QED) is 0.812. The second-order valence-electron chi connectivity index (χ2n) is 6.11. The monoisotopic (exact) mass is 374 g/mol. The molecule has 0 fully saturated rings. The van der Waals surface area contributed by atoms with Crippen LogP contribution in [0.5, 0.6) is 5.75 Å². The number of benzene rings is 1. The molecule has 0 radical (unpaired) electrons. The van der Waals surface area contributed by atoms with Crippen molar-refractivity contribution < 1.29 is 19.1 Å². The fourth-order valence-electron chi connectivity index (χ4n) is 3.05. The van der Waals surface area contributed by atoms with Gasteiger partial charge in [0, 0.05) is 23.4 Å². The summed E-state index contributed by atoms with van der Waals surface area (Å²) < 4.78 is 10.1. The molecular formula is C19H22N2O4S. The third-order valence-corrected chi connectivity index (χ3v) is 5.42. The van der Waals surface area contributed by atoms with Crippen LogP contribution in [0, 0.1) is 0 Å².